The number of nitrogens with two attached hydrogens (primary N) is 1. The van der Waals surface area contributed by atoms with Crippen LogP contribution in [-0.4, -0.2) is 18.3 Å². The molecule has 0 aromatic carbocycles. The van der Waals surface area contributed by atoms with Crippen LogP contribution in [0.4, 0.5) is 0 Å². The normalized spacial score (nSPS) is 47.8. The van der Waals surface area contributed by atoms with E-state index in [0.717, 1.165) is 5.92 Å². The van der Waals surface area contributed by atoms with Gasteiger partial charge < -0.3 is 10.8 Å². The molecule has 2 nitrogen and oxygen atoms in total. The Labute approximate surface area is 86.9 Å². The summed E-state index contributed by atoms with van der Waals surface area (Å²) in [7, 11) is 0. The van der Waals surface area contributed by atoms with Crippen LogP contribution in [0.1, 0.15) is 45.4 Å². The molecule has 3 atom stereocenters. The van der Waals surface area contributed by atoms with Crippen molar-refractivity contribution >= 4 is 0 Å². The van der Waals surface area contributed by atoms with Crippen LogP contribution in [0.25, 0.3) is 0 Å². The van der Waals surface area contributed by atoms with Crippen LogP contribution in [0.15, 0.2) is 0 Å². The molecule has 0 bridgehead atoms. The second-order valence-corrected chi connectivity index (χ2v) is 5.64. The van der Waals surface area contributed by atoms with Gasteiger partial charge in [-0.2, -0.15) is 0 Å². The summed E-state index contributed by atoms with van der Waals surface area (Å²) >= 11 is 0. The molecule has 2 saturated carbocycles. The molecule has 3 N–H and O–H groups in total. The summed E-state index contributed by atoms with van der Waals surface area (Å²) in [5.74, 6) is 0.879. The number of hydrogen-bond acceptors (Lipinski definition) is 2. The van der Waals surface area contributed by atoms with E-state index in [4.69, 9.17) is 5.73 Å². The number of aliphatic hydroxyl groups is 1. The van der Waals surface area contributed by atoms with E-state index in [0.29, 0.717) is 18.6 Å². The second kappa shape index (κ2) is 3.49. The van der Waals surface area contributed by atoms with E-state index in [2.05, 4.69) is 6.92 Å². The largest absolute Gasteiger partial charge is 0.396 e. The van der Waals surface area contributed by atoms with Gasteiger partial charge in [0.15, 0.2) is 0 Å². The summed E-state index contributed by atoms with van der Waals surface area (Å²) < 4.78 is 0. The van der Waals surface area contributed by atoms with Crippen LogP contribution in [-0.2, 0) is 0 Å². The van der Waals surface area contributed by atoms with Crippen molar-refractivity contribution in [3.8, 4) is 0 Å². The Kier molecular flexibility index (Phi) is 2.61. The minimum Gasteiger partial charge on any atom is -0.396 e. The minimum atomic E-state index is 0.108. The standard InChI is InChI=1S/C12H23NO/c1-10-3-2-5-11(6-4-10)7-12(11,8-13)9-14/h10,14H,2-9,13H2,1H3. The highest BCUT2D eigenvalue weighted by molar-refractivity contribution is 5.14. The molecule has 0 saturated heterocycles. The van der Waals surface area contributed by atoms with E-state index in [-0.39, 0.29) is 5.41 Å². The fraction of sp³-hybridized carbons (Fsp3) is 1.00. The van der Waals surface area contributed by atoms with E-state index in [1.54, 1.807) is 0 Å². The summed E-state index contributed by atoms with van der Waals surface area (Å²) in [6.07, 6.45) is 7.82. The molecule has 2 aliphatic rings. The van der Waals surface area contributed by atoms with Crippen molar-refractivity contribution in [3.05, 3.63) is 0 Å². The van der Waals surface area contributed by atoms with Gasteiger partial charge in [-0.15, -0.1) is 0 Å². The van der Waals surface area contributed by atoms with Gasteiger partial charge in [0.25, 0.3) is 0 Å². The van der Waals surface area contributed by atoms with Crippen molar-refractivity contribution in [2.24, 2.45) is 22.5 Å². The van der Waals surface area contributed by atoms with Crippen LogP contribution < -0.4 is 5.73 Å². The highest BCUT2D eigenvalue weighted by atomic mass is 16.3. The summed E-state index contributed by atoms with van der Waals surface area (Å²) in [6.45, 7) is 3.33. The highest BCUT2D eigenvalue weighted by Crippen LogP contribution is 2.69. The third-order valence-corrected chi connectivity index (χ3v) is 4.84. The lowest BCUT2D eigenvalue weighted by molar-refractivity contribution is 0.165. The molecule has 2 rings (SSSR count). The topological polar surface area (TPSA) is 46.2 Å². The Morgan fingerprint density at radius 3 is 2.71 bits per heavy atom. The van der Waals surface area contributed by atoms with Crippen molar-refractivity contribution in [2.75, 3.05) is 13.2 Å². The summed E-state index contributed by atoms with van der Waals surface area (Å²) in [6, 6.07) is 0. The number of hydrogen-bond donors (Lipinski definition) is 2. The van der Waals surface area contributed by atoms with Gasteiger partial charge in [-0.25, -0.2) is 0 Å². The maximum Gasteiger partial charge on any atom is 0.0505 e. The van der Waals surface area contributed by atoms with Crippen molar-refractivity contribution in [1.29, 1.82) is 0 Å². The molecule has 14 heavy (non-hydrogen) atoms. The molecular formula is C12H23NO. The molecule has 2 heteroatoms. The smallest absolute Gasteiger partial charge is 0.0505 e. The Balaban J connectivity index is 2.04. The SMILES string of the molecule is CC1CCCC2(CC1)CC2(CN)CO. The van der Waals surface area contributed by atoms with Gasteiger partial charge in [0.05, 0.1) is 6.61 Å². The van der Waals surface area contributed by atoms with E-state index in [1.807, 2.05) is 0 Å². The molecule has 0 aromatic rings. The van der Waals surface area contributed by atoms with Crippen molar-refractivity contribution in [3.63, 3.8) is 0 Å². The molecule has 0 aliphatic heterocycles. The molecule has 1 spiro atoms. The Hall–Kier alpha value is -0.0800. The first-order valence-corrected chi connectivity index (χ1v) is 5.99. The molecule has 2 fully saturated rings. The van der Waals surface area contributed by atoms with Gasteiger partial charge in [-0.1, -0.05) is 26.2 Å². The van der Waals surface area contributed by atoms with Gasteiger partial charge in [0.2, 0.25) is 0 Å². The van der Waals surface area contributed by atoms with E-state index >= 15 is 0 Å². The van der Waals surface area contributed by atoms with Crippen LogP contribution in [0.3, 0.4) is 0 Å². The molecular weight excluding hydrogens is 174 g/mol. The lowest BCUT2D eigenvalue weighted by Crippen LogP contribution is -2.27. The zero-order valence-corrected chi connectivity index (χ0v) is 9.26. The van der Waals surface area contributed by atoms with Gasteiger partial charge in [-0.05, 0) is 30.6 Å². The van der Waals surface area contributed by atoms with Crippen LogP contribution in [0.2, 0.25) is 0 Å². The van der Waals surface area contributed by atoms with Crippen molar-refractivity contribution < 1.29 is 5.11 Å². The van der Waals surface area contributed by atoms with Crippen molar-refractivity contribution in [2.45, 2.75) is 45.4 Å². The van der Waals surface area contributed by atoms with E-state index < -0.39 is 0 Å². The zero-order chi connectivity index (χ0) is 10.2. The van der Waals surface area contributed by atoms with Gasteiger partial charge >= 0.3 is 0 Å². The molecule has 3 unspecified atom stereocenters. The summed E-state index contributed by atoms with van der Waals surface area (Å²) in [5.41, 5.74) is 6.35. The van der Waals surface area contributed by atoms with Crippen molar-refractivity contribution in [1.82, 2.24) is 0 Å². The summed E-state index contributed by atoms with van der Waals surface area (Å²) in [5, 5.41) is 9.45. The fourth-order valence-electron chi connectivity index (χ4n) is 3.47. The average molecular weight is 197 g/mol. The maximum atomic E-state index is 9.45. The minimum absolute atomic E-state index is 0.108. The van der Waals surface area contributed by atoms with E-state index in [9.17, 15) is 5.11 Å². The molecule has 0 amide bonds. The molecule has 0 radical (unpaired) electrons. The van der Waals surface area contributed by atoms with Gasteiger partial charge in [0, 0.05) is 12.0 Å². The molecule has 0 heterocycles. The van der Waals surface area contributed by atoms with Crippen LogP contribution in [0, 0.1) is 16.7 Å². The van der Waals surface area contributed by atoms with Gasteiger partial charge in [-0.3, -0.25) is 0 Å². The fourth-order valence-corrected chi connectivity index (χ4v) is 3.47. The monoisotopic (exact) mass is 197 g/mol. The Morgan fingerprint density at radius 1 is 1.36 bits per heavy atom. The first kappa shape index (κ1) is 10.4. The predicted octanol–water partition coefficient (Wildman–Crippen LogP) is 1.91. The molecule has 0 aromatic heterocycles. The molecule has 2 aliphatic carbocycles. The summed E-state index contributed by atoms with van der Waals surface area (Å²) in [4.78, 5) is 0. The lowest BCUT2D eigenvalue weighted by atomic mass is 9.86. The average Bonchev–Trinajstić information content (AvgIpc) is 2.88. The first-order chi connectivity index (χ1) is 6.68. The van der Waals surface area contributed by atoms with Crippen LogP contribution >= 0.6 is 0 Å². The first-order valence-electron chi connectivity index (χ1n) is 5.99. The van der Waals surface area contributed by atoms with Gasteiger partial charge in [0.1, 0.15) is 0 Å². The lowest BCUT2D eigenvalue weighted by Gasteiger charge is -2.21. The predicted molar refractivity (Wildman–Crippen MR) is 57.9 cm³/mol. The Morgan fingerprint density at radius 2 is 2.14 bits per heavy atom. The van der Waals surface area contributed by atoms with Crippen LogP contribution in [0.5, 0.6) is 0 Å². The Bertz CT molecular complexity index is 212. The number of aliphatic hydroxyl groups excluding tert-OH is 1. The van der Waals surface area contributed by atoms with E-state index in [1.165, 1.54) is 38.5 Å². The quantitative estimate of drug-likeness (QED) is 0.710. The number of rotatable bonds is 2. The maximum absolute atomic E-state index is 9.45. The third-order valence-electron chi connectivity index (χ3n) is 4.84. The highest BCUT2D eigenvalue weighted by Gasteiger charge is 2.64. The third kappa shape index (κ3) is 1.40. The zero-order valence-electron chi connectivity index (χ0n) is 9.26. The second-order valence-electron chi connectivity index (χ2n) is 5.64. The molecule has 82 valence electrons.